The lowest BCUT2D eigenvalue weighted by atomic mass is 10.1. The summed E-state index contributed by atoms with van der Waals surface area (Å²) in [4.78, 5) is 12.0. The Bertz CT molecular complexity index is 327. The fourth-order valence-corrected chi connectivity index (χ4v) is 2.44. The number of carbonyl (C=O) groups is 1. The molecule has 3 nitrogen and oxygen atoms in total. The Kier molecular flexibility index (Phi) is 5.08. The molecule has 2 N–H and O–H groups in total. The minimum Gasteiger partial charge on any atom is -0.466 e. The van der Waals surface area contributed by atoms with Gasteiger partial charge in [0.15, 0.2) is 0 Å². The SMILES string of the molecule is CCOC(=O)CCC(N)c1sccc1Cl. The maximum absolute atomic E-state index is 11.1. The van der Waals surface area contributed by atoms with Crippen LogP contribution in [0.5, 0.6) is 0 Å². The lowest BCUT2D eigenvalue weighted by Crippen LogP contribution is -2.12. The second kappa shape index (κ2) is 6.10. The molecule has 0 amide bonds. The first-order valence-electron chi connectivity index (χ1n) is 4.79. The maximum atomic E-state index is 11.1. The zero-order valence-corrected chi connectivity index (χ0v) is 10.1. The molecule has 1 unspecified atom stereocenters. The van der Waals surface area contributed by atoms with E-state index in [4.69, 9.17) is 22.1 Å². The molecule has 0 aliphatic heterocycles. The van der Waals surface area contributed by atoms with Crippen LogP contribution in [0.3, 0.4) is 0 Å². The summed E-state index contributed by atoms with van der Waals surface area (Å²) in [5.74, 6) is -0.208. The van der Waals surface area contributed by atoms with E-state index < -0.39 is 0 Å². The standard InChI is InChI=1S/C10H14ClNO2S/c1-2-14-9(13)4-3-8(12)10-7(11)5-6-15-10/h5-6,8H,2-4,12H2,1H3. The predicted molar refractivity (Wildman–Crippen MR) is 62.1 cm³/mol. The van der Waals surface area contributed by atoms with Crippen molar-refractivity contribution >= 4 is 28.9 Å². The molecule has 0 aliphatic carbocycles. The average Bonchev–Trinajstić information content (AvgIpc) is 2.61. The third-order valence-corrected chi connectivity index (χ3v) is 3.44. The maximum Gasteiger partial charge on any atom is 0.305 e. The topological polar surface area (TPSA) is 52.3 Å². The molecular formula is C10H14ClNO2S. The van der Waals surface area contributed by atoms with Gasteiger partial charge in [0.25, 0.3) is 0 Å². The molecule has 0 saturated heterocycles. The fraction of sp³-hybridized carbons (Fsp3) is 0.500. The Morgan fingerprint density at radius 3 is 3.00 bits per heavy atom. The molecule has 15 heavy (non-hydrogen) atoms. The van der Waals surface area contributed by atoms with Crippen LogP contribution in [0.25, 0.3) is 0 Å². The number of nitrogens with two attached hydrogens (primary N) is 1. The Labute approximate surface area is 98.2 Å². The van der Waals surface area contributed by atoms with E-state index in [1.807, 2.05) is 11.4 Å². The molecule has 1 aromatic rings. The molecule has 1 rings (SSSR count). The number of halogens is 1. The van der Waals surface area contributed by atoms with Crippen LogP contribution in [0.1, 0.15) is 30.7 Å². The van der Waals surface area contributed by atoms with E-state index in [2.05, 4.69) is 0 Å². The first-order valence-corrected chi connectivity index (χ1v) is 6.05. The van der Waals surface area contributed by atoms with Crippen LogP contribution in [0.2, 0.25) is 5.02 Å². The predicted octanol–water partition coefficient (Wildman–Crippen LogP) is 2.74. The largest absolute Gasteiger partial charge is 0.466 e. The third kappa shape index (κ3) is 3.81. The van der Waals surface area contributed by atoms with Crippen molar-refractivity contribution in [3.63, 3.8) is 0 Å². The highest BCUT2D eigenvalue weighted by atomic mass is 35.5. The summed E-state index contributed by atoms with van der Waals surface area (Å²) in [6.07, 6.45) is 0.905. The second-order valence-corrected chi connectivity index (χ2v) is 4.44. The van der Waals surface area contributed by atoms with E-state index in [0.717, 1.165) is 4.88 Å². The molecule has 1 heterocycles. The summed E-state index contributed by atoms with van der Waals surface area (Å²) in [6.45, 7) is 2.20. The van der Waals surface area contributed by atoms with Gasteiger partial charge in [-0.2, -0.15) is 0 Å². The monoisotopic (exact) mass is 247 g/mol. The van der Waals surface area contributed by atoms with Crippen molar-refractivity contribution in [2.24, 2.45) is 5.73 Å². The molecule has 0 spiro atoms. The van der Waals surface area contributed by atoms with E-state index >= 15 is 0 Å². The number of thiophene rings is 1. The Morgan fingerprint density at radius 1 is 1.73 bits per heavy atom. The molecule has 0 fully saturated rings. The fourth-order valence-electron chi connectivity index (χ4n) is 1.21. The highest BCUT2D eigenvalue weighted by Crippen LogP contribution is 2.29. The van der Waals surface area contributed by atoms with Gasteiger partial charge in [0.2, 0.25) is 0 Å². The number of ether oxygens (including phenoxy) is 1. The lowest BCUT2D eigenvalue weighted by molar-refractivity contribution is -0.143. The van der Waals surface area contributed by atoms with E-state index in [-0.39, 0.29) is 12.0 Å². The Morgan fingerprint density at radius 2 is 2.47 bits per heavy atom. The zero-order chi connectivity index (χ0) is 11.3. The number of hydrogen-bond acceptors (Lipinski definition) is 4. The summed E-state index contributed by atoms with van der Waals surface area (Å²) in [6, 6.07) is 1.63. The first-order chi connectivity index (χ1) is 7.15. The van der Waals surface area contributed by atoms with Crippen LogP contribution in [-0.4, -0.2) is 12.6 Å². The minimum atomic E-state index is -0.208. The van der Waals surface area contributed by atoms with Crippen LogP contribution in [0.4, 0.5) is 0 Å². The summed E-state index contributed by atoms with van der Waals surface area (Å²) < 4.78 is 4.82. The molecular weight excluding hydrogens is 234 g/mol. The van der Waals surface area contributed by atoms with Gasteiger partial charge in [-0.1, -0.05) is 11.6 Å². The molecule has 84 valence electrons. The van der Waals surface area contributed by atoms with Gasteiger partial charge in [-0.3, -0.25) is 4.79 Å². The van der Waals surface area contributed by atoms with E-state index in [1.165, 1.54) is 11.3 Å². The van der Waals surface area contributed by atoms with E-state index in [0.29, 0.717) is 24.5 Å². The van der Waals surface area contributed by atoms with Gasteiger partial charge < -0.3 is 10.5 Å². The van der Waals surface area contributed by atoms with Gasteiger partial charge in [-0.05, 0) is 24.8 Å². The average molecular weight is 248 g/mol. The lowest BCUT2D eigenvalue weighted by Gasteiger charge is -2.09. The van der Waals surface area contributed by atoms with Gasteiger partial charge in [0, 0.05) is 17.3 Å². The molecule has 0 aromatic carbocycles. The van der Waals surface area contributed by atoms with Crippen molar-refractivity contribution in [2.45, 2.75) is 25.8 Å². The molecule has 0 bridgehead atoms. The minimum absolute atomic E-state index is 0.179. The molecule has 1 aromatic heterocycles. The van der Waals surface area contributed by atoms with Crippen molar-refractivity contribution in [2.75, 3.05) is 6.61 Å². The zero-order valence-electron chi connectivity index (χ0n) is 8.53. The van der Waals surface area contributed by atoms with Crippen LogP contribution in [-0.2, 0) is 9.53 Å². The number of esters is 1. The van der Waals surface area contributed by atoms with Crippen LogP contribution >= 0.6 is 22.9 Å². The summed E-state index contributed by atoms with van der Waals surface area (Å²) in [5.41, 5.74) is 5.90. The number of carbonyl (C=O) groups excluding carboxylic acids is 1. The van der Waals surface area contributed by atoms with Crippen molar-refractivity contribution in [1.29, 1.82) is 0 Å². The first kappa shape index (κ1) is 12.5. The summed E-state index contributed by atoms with van der Waals surface area (Å²) in [7, 11) is 0. The summed E-state index contributed by atoms with van der Waals surface area (Å²) >= 11 is 7.44. The van der Waals surface area contributed by atoms with Crippen molar-refractivity contribution in [3.8, 4) is 0 Å². The van der Waals surface area contributed by atoms with Crippen molar-refractivity contribution < 1.29 is 9.53 Å². The molecule has 5 heteroatoms. The smallest absolute Gasteiger partial charge is 0.305 e. The summed E-state index contributed by atoms with van der Waals surface area (Å²) in [5, 5.41) is 2.57. The third-order valence-electron chi connectivity index (χ3n) is 1.95. The number of hydrogen-bond donors (Lipinski definition) is 1. The molecule has 0 radical (unpaired) electrons. The van der Waals surface area contributed by atoms with Crippen LogP contribution in [0, 0.1) is 0 Å². The van der Waals surface area contributed by atoms with Gasteiger partial charge in [-0.25, -0.2) is 0 Å². The van der Waals surface area contributed by atoms with Crippen LogP contribution < -0.4 is 5.73 Å². The normalized spacial score (nSPS) is 12.5. The van der Waals surface area contributed by atoms with E-state index in [1.54, 1.807) is 6.92 Å². The second-order valence-electron chi connectivity index (χ2n) is 3.08. The van der Waals surface area contributed by atoms with Crippen LogP contribution in [0.15, 0.2) is 11.4 Å². The quantitative estimate of drug-likeness (QED) is 0.814. The highest BCUT2D eigenvalue weighted by molar-refractivity contribution is 7.10. The Balaban J connectivity index is 2.40. The van der Waals surface area contributed by atoms with Gasteiger partial charge >= 0.3 is 5.97 Å². The Hall–Kier alpha value is -0.580. The van der Waals surface area contributed by atoms with Gasteiger partial charge in [0.05, 0.1) is 11.6 Å². The highest BCUT2D eigenvalue weighted by Gasteiger charge is 2.13. The van der Waals surface area contributed by atoms with Gasteiger partial charge in [-0.15, -0.1) is 11.3 Å². The van der Waals surface area contributed by atoms with Crippen molar-refractivity contribution in [3.05, 3.63) is 21.3 Å². The van der Waals surface area contributed by atoms with Gasteiger partial charge in [0.1, 0.15) is 0 Å². The van der Waals surface area contributed by atoms with E-state index in [9.17, 15) is 4.79 Å². The van der Waals surface area contributed by atoms with Crippen molar-refractivity contribution in [1.82, 2.24) is 0 Å². The molecule has 1 atom stereocenters. The molecule has 0 aliphatic rings. The molecule has 0 saturated carbocycles. The number of rotatable bonds is 5.